The fraction of sp³-hybridized carbons (Fsp3) is 0.688. The summed E-state index contributed by atoms with van der Waals surface area (Å²) in [6, 6.07) is 1.91. The highest BCUT2D eigenvalue weighted by molar-refractivity contribution is 5.89. The van der Waals surface area contributed by atoms with Crippen LogP contribution in [0.15, 0.2) is 12.3 Å². The van der Waals surface area contributed by atoms with Gasteiger partial charge in [0.15, 0.2) is 0 Å². The van der Waals surface area contributed by atoms with Crippen LogP contribution in [-0.4, -0.2) is 16.6 Å². The molecule has 1 aliphatic carbocycles. The maximum Gasteiger partial charge on any atom is 0.355 e. The fourth-order valence-electron chi connectivity index (χ4n) is 3.09. The van der Waals surface area contributed by atoms with Crippen LogP contribution < -0.4 is 5.73 Å². The number of ether oxygens (including phenoxy) is 1. The molecule has 1 saturated carbocycles. The standard InChI is InChI=1S/C16H26N2O2/c1-4-12-7-5-6-8-15(12)20-16(19)14-9-13(17)10-18(14)11(2)3/h9-12,15H,4-8,17H2,1-3H3. The van der Waals surface area contributed by atoms with Crippen molar-refractivity contribution in [2.75, 3.05) is 5.73 Å². The summed E-state index contributed by atoms with van der Waals surface area (Å²) in [6.45, 7) is 6.24. The molecule has 2 rings (SSSR count). The average molecular weight is 278 g/mol. The zero-order chi connectivity index (χ0) is 14.7. The highest BCUT2D eigenvalue weighted by Crippen LogP contribution is 2.30. The molecule has 2 atom stereocenters. The zero-order valence-electron chi connectivity index (χ0n) is 12.8. The van der Waals surface area contributed by atoms with E-state index in [0.717, 1.165) is 19.3 Å². The minimum absolute atomic E-state index is 0.0676. The molecule has 4 nitrogen and oxygen atoms in total. The van der Waals surface area contributed by atoms with Crippen LogP contribution in [0.3, 0.4) is 0 Å². The number of carbonyl (C=O) groups excluding carboxylic acids is 1. The van der Waals surface area contributed by atoms with Gasteiger partial charge in [-0.05, 0) is 51.5 Å². The van der Waals surface area contributed by atoms with E-state index in [1.165, 1.54) is 12.8 Å². The lowest BCUT2D eigenvalue weighted by Crippen LogP contribution is -2.30. The van der Waals surface area contributed by atoms with Crippen molar-refractivity contribution in [1.29, 1.82) is 0 Å². The number of rotatable bonds is 4. The molecule has 1 aromatic rings. The molecule has 4 heteroatoms. The fourth-order valence-corrected chi connectivity index (χ4v) is 3.09. The van der Waals surface area contributed by atoms with Gasteiger partial charge in [0, 0.05) is 12.2 Å². The zero-order valence-corrected chi connectivity index (χ0v) is 12.8. The molecule has 0 radical (unpaired) electrons. The molecule has 20 heavy (non-hydrogen) atoms. The summed E-state index contributed by atoms with van der Waals surface area (Å²) >= 11 is 0. The van der Waals surface area contributed by atoms with E-state index in [-0.39, 0.29) is 18.1 Å². The summed E-state index contributed by atoms with van der Waals surface area (Å²) in [5, 5.41) is 0. The minimum atomic E-state index is -0.235. The number of aromatic nitrogens is 1. The highest BCUT2D eigenvalue weighted by atomic mass is 16.5. The SMILES string of the molecule is CCC1CCCCC1OC(=O)c1cc(N)cn1C(C)C. The maximum absolute atomic E-state index is 12.4. The molecule has 0 aromatic carbocycles. The first-order valence-corrected chi connectivity index (χ1v) is 7.71. The Labute approximate surface area is 121 Å². The van der Waals surface area contributed by atoms with Crippen molar-refractivity contribution >= 4 is 11.7 Å². The predicted octanol–water partition coefficient (Wildman–Crippen LogP) is 3.78. The largest absolute Gasteiger partial charge is 0.457 e. The second-order valence-electron chi connectivity index (χ2n) is 6.06. The van der Waals surface area contributed by atoms with Crippen molar-refractivity contribution in [2.45, 2.75) is 65.0 Å². The number of hydrogen-bond acceptors (Lipinski definition) is 3. The van der Waals surface area contributed by atoms with Crippen LogP contribution in [0.1, 0.15) is 69.4 Å². The van der Waals surface area contributed by atoms with Gasteiger partial charge in [0.2, 0.25) is 0 Å². The normalized spacial score (nSPS) is 23.0. The summed E-state index contributed by atoms with van der Waals surface area (Å²) in [5.74, 6) is 0.272. The van der Waals surface area contributed by atoms with E-state index in [4.69, 9.17) is 10.5 Å². The number of esters is 1. The molecule has 2 N–H and O–H groups in total. The number of nitrogens with two attached hydrogens (primary N) is 1. The Morgan fingerprint density at radius 3 is 2.80 bits per heavy atom. The Hall–Kier alpha value is -1.45. The second-order valence-corrected chi connectivity index (χ2v) is 6.06. The summed E-state index contributed by atoms with van der Waals surface area (Å²) in [4.78, 5) is 12.4. The molecule has 0 bridgehead atoms. The van der Waals surface area contributed by atoms with E-state index in [0.29, 0.717) is 17.3 Å². The van der Waals surface area contributed by atoms with Crippen molar-refractivity contribution < 1.29 is 9.53 Å². The van der Waals surface area contributed by atoms with E-state index in [1.807, 2.05) is 18.4 Å². The van der Waals surface area contributed by atoms with Crippen molar-refractivity contribution in [2.24, 2.45) is 5.92 Å². The summed E-state index contributed by atoms with van der Waals surface area (Å²) in [5.41, 5.74) is 6.99. The van der Waals surface area contributed by atoms with Gasteiger partial charge < -0.3 is 15.0 Å². The third kappa shape index (κ3) is 3.17. The highest BCUT2D eigenvalue weighted by Gasteiger charge is 2.28. The van der Waals surface area contributed by atoms with Crippen LogP contribution >= 0.6 is 0 Å². The Bertz CT molecular complexity index is 465. The lowest BCUT2D eigenvalue weighted by Gasteiger charge is -2.30. The molecule has 112 valence electrons. The average Bonchev–Trinajstić information content (AvgIpc) is 2.82. The van der Waals surface area contributed by atoms with Crippen molar-refractivity contribution in [3.05, 3.63) is 18.0 Å². The van der Waals surface area contributed by atoms with Gasteiger partial charge in [0.05, 0.1) is 5.69 Å². The first-order valence-electron chi connectivity index (χ1n) is 7.71. The van der Waals surface area contributed by atoms with E-state index in [2.05, 4.69) is 6.92 Å². The lowest BCUT2D eigenvalue weighted by molar-refractivity contribution is -0.000465. The molecule has 1 fully saturated rings. The molecule has 0 spiro atoms. The van der Waals surface area contributed by atoms with Crippen LogP contribution in [0.5, 0.6) is 0 Å². The van der Waals surface area contributed by atoms with Crippen LogP contribution in [0.25, 0.3) is 0 Å². The van der Waals surface area contributed by atoms with Gasteiger partial charge in [-0.1, -0.05) is 13.3 Å². The van der Waals surface area contributed by atoms with Crippen molar-refractivity contribution in [3.63, 3.8) is 0 Å². The predicted molar refractivity (Wildman–Crippen MR) is 80.7 cm³/mol. The first kappa shape index (κ1) is 14.9. The molecule has 0 saturated heterocycles. The molecule has 2 unspecified atom stereocenters. The van der Waals surface area contributed by atoms with Crippen LogP contribution in [-0.2, 0) is 4.74 Å². The topological polar surface area (TPSA) is 57.2 Å². The summed E-state index contributed by atoms with van der Waals surface area (Å²) < 4.78 is 7.66. The van der Waals surface area contributed by atoms with Crippen LogP contribution in [0.2, 0.25) is 0 Å². The number of nitrogen functional groups attached to an aromatic ring is 1. The molecule has 1 heterocycles. The van der Waals surface area contributed by atoms with Crippen molar-refractivity contribution in [3.8, 4) is 0 Å². The van der Waals surface area contributed by atoms with Crippen molar-refractivity contribution in [1.82, 2.24) is 4.57 Å². The number of anilines is 1. The Balaban J connectivity index is 2.11. The third-order valence-electron chi connectivity index (χ3n) is 4.26. The van der Waals surface area contributed by atoms with Gasteiger partial charge in [-0.25, -0.2) is 4.79 Å². The number of nitrogens with zero attached hydrogens (tertiary/aromatic N) is 1. The molecular weight excluding hydrogens is 252 g/mol. The van der Waals surface area contributed by atoms with Crippen LogP contribution in [0.4, 0.5) is 5.69 Å². The summed E-state index contributed by atoms with van der Waals surface area (Å²) in [6.07, 6.45) is 7.51. The smallest absolute Gasteiger partial charge is 0.355 e. The van der Waals surface area contributed by atoms with Gasteiger partial charge in [-0.3, -0.25) is 0 Å². The number of carbonyl (C=O) groups is 1. The maximum atomic E-state index is 12.4. The quantitative estimate of drug-likeness (QED) is 0.853. The van der Waals surface area contributed by atoms with Crippen LogP contribution in [0, 0.1) is 5.92 Å². The van der Waals surface area contributed by atoms with Gasteiger partial charge in [-0.2, -0.15) is 0 Å². The monoisotopic (exact) mass is 278 g/mol. The number of hydrogen-bond donors (Lipinski definition) is 1. The second kappa shape index (κ2) is 6.33. The molecular formula is C16H26N2O2. The van der Waals surface area contributed by atoms with Gasteiger partial charge in [0.1, 0.15) is 11.8 Å². The summed E-state index contributed by atoms with van der Waals surface area (Å²) in [7, 11) is 0. The van der Waals surface area contributed by atoms with Gasteiger partial charge >= 0.3 is 5.97 Å². The third-order valence-corrected chi connectivity index (χ3v) is 4.26. The Morgan fingerprint density at radius 2 is 2.15 bits per heavy atom. The van der Waals surface area contributed by atoms with Gasteiger partial charge in [-0.15, -0.1) is 0 Å². The lowest BCUT2D eigenvalue weighted by atomic mass is 9.85. The molecule has 1 aromatic heterocycles. The molecule has 0 aliphatic heterocycles. The molecule has 1 aliphatic rings. The van der Waals surface area contributed by atoms with Gasteiger partial charge in [0.25, 0.3) is 0 Å². The van der Waals surface area contributed by atoms with E-state index in [1.54, 1.807) is 12.3 Å². The Kier molecular flexibility index (Phi) is 4.73. The first-order chi connectivity index (χ1) is 9.52. The van der Waals surface area contributed by atoms with E-state index >= 15 is 0 Å². The van der Waals surface area contributed by atoms with E-state index < -0.39 is 0 Å². The Morgan fingerprint density at radius 1 is 1.45 bits per heavy atom. The van der Waals surface area contributed by atoms with E-state index in [9.17, 15) is 4.79 Å². The molecule has 0 amide bonds. The minimum Gasteiger partial charge on any atom is -0.457 e.